The van der Waals surface area contributed by atoms with Crippen LogP contribution in [0, 0.1) is 5.82 Å². The maximum Gasteiger partial charge on any atom is 0.154 e. The number of hydrogen-bond acceptors (Lipinski definition) is 2. The van der Waals surface area contributed by atoms with Gasteiger partial charge in [-0.05, 0) is 12.1 Å². The lowest BCUT2D eigenvalue weighted by atomic mass is 10.2. The van der Waals surface area contributed by atoms with Crippen LogP contribution >= 0.6 is 0 Å². The number of rotatable bonds is 2. The van der Waals surface area contributed by atoms with Crippen molar-refractivity contribution in [3.8, 4) is 0 Å². The van der Waals surface area contributed by atoms with Crippen LogP contribution in [0.3, 0.4) is 0 Å². The van der Waals surface area contributed by atoms with Crippen LogP contribution in [0.5, 0.6) is 0 Å². The van der Waals surface area contributed by atoms with Crippen molar-refractivity contribution in [3.63, 3.8) is 0 Å². The number of halogens is 2. The molecule has 0 saturated heterocycles. The molecular formula is C7H8F2N2. The van der Waals surface area contributed by atoms with E-state index in [1.54, 1.807) is 0 Å². The molecule has 0 aliphatic rings. The Bertz CT molecular complexity index is 222. The van der Waals surface area contributed by atoms with E-state index < -0.39 is 12.0 Å². The average Bonchev–Trinajstić information content (AvgIpc) is 2.05. The van der Waals surface area contributed by atoms with Gasteiger partial charge in [-0.1, -0.05) is 0 Å². The third kappa shape index (κ3) is 1.94. The first-order valence-electron chi connectivity index (χ1n) is 3.19. The van der Waals surface area contributed by atoms with E-state index in [1.165, 1.54) is 6.07 Å². The second-order valence-electron chi connectivity index (χ2n) is 2.10. The Morgan fingerprint density at radius 2 is 2.27 bits per heavy atom. The summed E-state index contributed by atoms with van der Waals surface area (Å²) in [6, 6.07) is 2.44. The van der Waals surface area contributed by atoms with E-state index in [2.05, 4.69) is 4.98 Å². The third-order valence-electron chi connectivity index (χ3n) is 1.28. The van der Waals surface area contributed by atoms with E-state index in [-0.39, 0.29) is 12.2 Å². The summed E-state index contributed by atoms with van der Waals surface area (Å²) in [6.07, 6.45) is -0.326. The summed E-state index contributed by atoms with van der Waals surface area (Å²) in [7, 11) is 0. The van der Waals surface area contributed by atoms with E-state index >= 15 is 0 Å². The molecular weight excluding hydrogens is 150 g/mol. The minimum atomic E-state index is -1.30. The quantitative estimate of drug-likeness (QED) is 0.702. The minimum absolute atomic E-state index is 0.126. The van der Waals surface area contributed by atoms with Crippen LogP contribution in [0.1, 0.15) is 11.9 Å². The Balaban J connectivity index is 2.81. The zero-order valence-electron chi connectivity index (χ0n) is 5.80. The molecule has 0 radical (unpaired) electrons. The monoisotopic (exact) mass is 158 g/mol. The van der Waals surface area contributed by atoms with Gasteiger partial charge in [0.25, 0.3) is 0 Å². The summed E-state index contributed by atoms with van der Waals surface area (Å²) >= 11 is 0. The molecule has 0 aromatic carbocycles. The van der Waals surface area contributed by atoms with Crippen LogP contribution in [-0.2, 0) is 0 Å². The molecule has 0 aliphatic carbocycles. The molecule has 2 nitrogen and oxygen atoms in total. The van der Waals surface area contributed by atoms with Gasteiger partial charge in [0.1, 0.15) is 5.82 Å². The van der Waals surface area contributed by atoms with E-state index in [0.29, 0.717) is 0 Å². The predicted octanol–water partition coefficient (Wildman–Crippen LogP) is 1.19. The van der Waals surface area contributed by atoms with Gasteiger partial charge in [-0.15, -0.1) is 0 Å². The van der Waals surface area contributed by atoms with Crippen LogP contribution in [-0.4, -0.2) is 11.5 Å². The standard InChI is InChI=1S/C7H8F2N2/c8-5-1-2-7(11-4-5)6(9)3-10/h1-2,4,6H,3,10H2. The molecule has 0 saturated carbocycles. The first-order chi connectivity index (χ1) is 5.24. The number of hydrogen-bond donors (Lipinski definition) is 1. The van der Waals surface area contributed by atoms with Crippen molar-refractivity contribution >= 4 is 0 Å². The normalized spacial score (nSPS) is 13.0. The van der Waals surface area contributed by atoms with E-state index in [0.717, 1.165) is 12.3 Å². The molecule has 1 unspecified atom stereocenters. The molecule has 60 valence electrons. The molecule has 0 amide bonds. The molecule has 1 aromatic rings. The molecule has 11 heavy (non-hydrogen) atoms. The zero-order chi connectivity index (χ0) is 8.27. The van der Waals surface area contributed by atoms with Crippen molar-refractivity contribution in [2.24, 2.45) is 5.73 Å². The van der Waals surface area contributed by atoms with Crippen molar-refractivity contribution in [3.05, 3.63) is 29.8 Å². The van der Waals surface area contributed by atoms with Gasteiger partial charge in [-0.3, -0.25) is 4.98 Å². The molecule has 0 aliphatic heterocycles. The molecule has 1 atom stereocenters. The van der Waals surface area contributed by atoms with Crippen LogP contribution in [0.4, 0.5) is 8.78 Å². The fourth-order valence-electron chi connectivity index (χ4n) is 0.693. The van der Waals surface area contributed by atoms with Crippen LogP contribution < -0.4 is 5.73 Å². The SMILES string of the molecule is NCC(F)c1ccc(F)cn1. The number of nitrogens with two attached hydrogens (primary N) is 1. The lowest BCUT2D eigenvalue weighted by Gasteiger charge is -2.02. The molecule has 1 heterocycles. The predicted molar refractivity (Wildman–Crippen MR) is 37.1 cm³/mol. The highest BCUT2D eigenvalue weighted by Gasteiger charge is 2.07. The van der Waals surface area contributed by atoms with Crippen LogP contribution in [0.25, 0.3) is 0 Å². The minimum Gasteiger partial charge on any atom is -0.327 e. The highest BCUT2D eigenvalue weighted by Crippen LogP contribution is 2.12. The molecule has 0 bridgehead atoms. The topological polar surface area (TPSA) is 38.9 Å². The van der Waals surface area contributed by atoms with Gasteiger partial charge >= 0.3 is 0 Å². The van der Waals surface area contributed by atoms with Crippen molar-refractivity contribution in [1.82, 2.24) is 4.98 Å². The number of nitrogens with zero attached hydrogens (tertiary/aromatic N) is 1. The average molecular weight is 158 g/mol. The Morgan fingerprint density at radius 1 is 1.55 bits per heavy atom. The van der Waals surface area contributed by atoms with Gasteiger partial charge < -0.3 is 5.73 Å². The van der Waals surface area contributed by atoms with Crippen molar-refractivity contribution in [2.45, 2.75) is 6.17 Å². The van der Waals surface area contributed by atoms with E-state index in [1.807, 2.05) is 0 Å². The largest absolute Gasteiger partial charge is 0.327 e. The second-order valence-corrected chi connectivity index (χ2v) is 2.10. The Morgan fingerprint density at radius 3 is 2.73 bits per heavy atom. The molecule has 1 rings (SSSR count). The summed E-state index contributed by atoms with van der Waals surface area (Å²) in [4.78, 5) is 3.52. The fraction of sp³-hybridized carbons (Fsp3) is 0.286. The van der Waals surface area contributed by atoms with Gasteiger partial charge in [0.15, 0.2) is 6.17 Å². The highest BCUT2D eigenvalue weighted by atomic mass is 19.1. The Hall–Kier alpha value is -1.03. The first-order valence-corrected chi connectivity index (χ1v) is 3.19. The van der Waals surface area contributed by atoms with Gasteiger partial charge in [0.05, 0.1) is 11.9 Å². The van der Waals surface area contributed by atoms with Crippen molar-refractivity contribution in [2.75, 3.05) is 6.54 Å². The lowest BCUT2D eigenvalue weighted by molar-refractivity contribution is 0.344. The van der Waals surface area contributed by atoms with Gasteiger partial charge in [0.2, 0.25) is 0 Å². The van der Waals surface area contributed by atoms with Gasteiger partial charge in [-0.2, -0.15) is 0 Å². The van der Waals surface area contributed by atoms with Crippen LogP contribution in [0.15, 0.2) is 18.3 Å². The van der Waals surface area contributed by atoms with Gasteiger partial charge in [-0.25, -0.2) is 8.78 Å². The summed E-state index contributed by atoms with van der Waals surface area (Å²) in [5.74, 6) is -0.474. The number of aromatic nitrogens is 1. The summed E-state index contributed by atoms with van der Waals surface area (Å²) in [5.41, 5.74) is 5.21. The smallest absolute Gasteiger partial charge is 0.154 e. The maximum atomic E-state index is 12.7. The third-order valence-corrected chi connectivity index (χ3v) is 1.28. The van der Waals surface area contributed by atoms with Crippen molar-refractivity contribution in [1.29, 1.82) is 0 Å². The lowest BCUT2D eigenvalue weighted by Crippen LogP contribution is -2.08. The molecule has 2 N–H and O–H groups in total. The number of alkyl halides is 1. The van der Waals surface area contributed by atoms with Crippen LogP contribution in [0.2, 0.25) is 0 Å². The van der Waals surface area contributed by atoms with E-state index in [4.69, 9.17) is 5.73 Å². The number of pyridine rings is 1. The Kier molecular flexibility index (Phi) is 2.48. The summed E-state index contributed by atoms with van der Waals surface area (Å²) in [5, 5.41) is 0. The van der Waals surface area contributed by atoms with Gasteiger partial charge in [0, 0.05) is 6.54 Å². The molecule has 4 heteroatoms. The summed E-state index contributed by atoms with van der Waals surface area (Å²) < 4.78 is 24.9. The fourth-order valence-corrected chi connectivity index (χ4v) is 0.693. The summed E-state index contributed by atoms with van der Waals surface area (Å²) in [6.45, 7) is -0.126. The van der Waals surface area contributed by atoms with E-state index in [9.17, 15) is 8.78 Å². The first kappa shape index (κ1) is 8.07. The Labute approximate surface area is 63.1 Å². The molecule has 0 fully saturated rings. The molecule has 0 spiro atoms. The zero-order valence-corrected chi connectivity index (χ0v) is 5.80. The van der Waals surface area contributed by atoms with Crippen molar-refractivity contribution < 1.29 is 8.78 Å². The highest BCUT2D eigenvalue weighted by molar-refractivity contribution is 5.08. The maximum absolute atomic E-state index is 12.7. The molecule has 1 aromatic heterocycles. The second kappa shape index (κ2) is 3.39.